The zero-order chi connectivity index (χ0) is 14.3. The highest BCUT2D eigenvalue weighted by Gasteiger charge is 2.02. The fourth-order valence-corrected chi connectivity index (χ4v) is 2.09. The van der Waals surface area contributed by atoms with E-state index in [1.54, 1.807) is 6.08 Å². The lowest BCUT2D eigenvalue weighted by atomic mass is 10.1. The van der Waals surface area contributed by atoms with E-state index < -0.39 is 5.97 Å². The molecule has 0 aliphatic rings. The molecule has 0 unspecified atom stereocenters. The van der Waals surface area contributed by atoms with Crippen LogP contribution in [0.4, 0.5) is 0 Å². The molecule has 0 radical (unpaired) electrons. The first kappa shape index (κ1) is 15.8. The molecule has 0 aliphatic carbocycles. The fraction of sp³-hybridized carbons (Fsp3) is 0.400. The van der Waals surface area contributed by atoms with Gasteiger partial charge in [-0.15, -0.1) is 0 Å². The van der Waals surface area contributed by atoms with Crippen LogP contribution in [0.3, 0.4) is 0 Å². The van der Waals surface area contributed by atoms with Crippen LogP contribution < -0.4 is 4.74 Å². The molecular weight excluding hydrogens is 308 g/mol. The average Bonchev–Trinajstić information content (AvgIpc) is 2.33. The van der Waals surface area contributed by atoms with E-state index in [0.29, 0.717) is 12.5 Å². The monoisotopic (exact) mass is 326 g/mol. The van der Waals surface area contributed by atoms with Gasteiger partial charge in [0, 0.05) is 6.08 Å². The summed E-state index contributed by atoms with van der Waals surface area (Å²) in [5, 5.41) is 8.56. The van der Waals surface area contributed by atoms with Gasteiger partial charge < -0.3 is 9.84 Å². The van der Waals surface area contributed by atoms with Crippen LogP contribution in [-0.4, -0.2) is 17.7 Å². The molecule has 3 nitrogen and oxygen atoms in total. The molecule has 0 heterocycles. The normalized spacial score (nSPS) is 11.2. The van der Waals surface area contributed by atoms with Gasteiger partial charge in [0.2, 0.25) is 0 Å². The van der Waals surface area contributed by atoms with Crippen LogP contribution in [0.2, 0.25) is 0 Å². The number of hydrogen-bond donors (Lipinski definition) is 1. The average molecular weight is 327 g/mol. The Morgan fingerprint density at radius 2 is 2.21 bits per heavy atom. The second-order valence-corrected chi connectivity index (χ2v) is 5.60. The van der Waals surface area contributed by atoms with Crippen molar-refractivity contribution >= 4 is 28.0 Å². The molecule has 0 aliphatic heterocycles. The predicted molar refractivity (Wildman–Crippen MR) is 80.4 cm³/mol. The molecule has 0 saturated heterocycles. The first-order valence-corrected chi connectivity index (χ1v) is 7.11. The molecule has 0 spiro atoms. The summed E-state index contributed by atoms with van der Waals surface area (Å²) in [4.78, 5) is 10.4. The van der Waals surface area contributed by atoms with E-state index in [1.807, 2.05) is 18.2 Å². The maximum absolute atomic E-state index is 10.4. The van der Waals surface area contributed by atoms with Gasteiger partial charge in [-0.3, -0.25) is 0 Å². The Hall–Kier alpha value is -1.29. The number of carbonyl (C=O) groups is 1. The standard InChI is InChI=1S/C15H19BrO3/c1-11(2)4-3-9-19-14-7-5-12(10-13(14)16)6-8-15(17)18/h5-8,10-11H,3-4,9H2,1-2H3,(H,17,18)/b8-6+. The van der Waals surface area contributed by atoms with Crippen molar-refractivity contribution in [3.05, 3.63) is 34.3 Å². The van der Waals surface area contributed by atoms with Crippen molar-refractivity contribution in [2.75, 3.05) is 6.61 Å². The van der Waals surface area contributed by atoms with E-state index in [2.05, 4.69) is 29.8 Å². The number of hydrogen-bond acceptors (Lipinski definition) is 2. The molecule has 0 bridgehead atoms. The lowest BCUT2D eigenvalue weighted by Crippen LogP contribution is -2.00. The van der Waals surface area contributed by atoms with Gasteiger partial charge in [0.1, 0.15) is 5.75 Å². The largest absolute Gasteiger partial charge is 0.492 e. The maximum atomic E-state index is 10.4. The van der Waals surface area contributed by atoms with Crippen LogP contribution in [0.1, 0.15) is 32.3 Å². The summed E-state index contributed by atoms with van der Waals surface area (Å²) in [5.41, 5.74) is 0.823. The van der Waals surface area contributed by atoms with Crippen molar-refractivity contribution in [3.8, 4) is 5.75 Å². The molecular formula is C15H19BrO3. The van der Waals surface area contributed by atoms with Gasteiger partial charge in [0.25, 0.3) is 0 Å². The molecule has 1 N–H and O–H groups in total. The van der Waals surface area contributed by atoms with Crippen LogP contribution >= 0.6 is 15.9 Å². The van der Waals surface area contributed by atoms with Crippen molar-refractivity contribution in [1.29, 1.82) is 0 Å². The van der Waals surface area contributed by atoms with Crippen LogP contribution in [0.5, 0.6) is 5.75 Å². The molecule has 104 valence electrons. The minimum Gasteiger partial charge on any atom is -0.492 e. The summed E-state index contributed by atoms with van der Waals surface area (Å²) < 4.78 is 6.52. The third-order valence-corrected chi connectivity index (χ3v) is 3.18. The molecule has 1 aromatic carbocycles. The lowest BCUT2D eigenvalue weighted by Gasteiger charge is -2.09. The Bertz CT molecular complexity index is 453. The number of carboxylic acids is 1. The van der Waals surface area contributed by atoms with Gasteiger partial charge in [-0.25, -0.2) is 4.79 Å². The summed E-state index contributed by atoms with van der Waals surface area (Å²) in [6.07, 6.45) is 4.85. The number of ether oxygens (including phenoxy) is 1. The third kappa shape index (κ3) is 6.43. The Balaban J connectivity index is 2.55. The Kier molecular flexibility index (Phi) is 6.64. The van der Waals surface area contributed by atoms with Crippen molar-refractivity contribution in [2.24, 2.45) is 5.92 Å². The minimum absolute atomic E-state index is 0.690. The van der Waals surface area contributed by atoms with Gasteiger partial charge in [-0.2, -0.15) is 0 Å². The van der Waals surface area contributed by atoms with Crippen molar-refractivity contribution < 1.29 is 14.6 Å². The molecule has 19 heavy (non-hydrogen) atoms. The Morgan fingerprint density at radius 3 is 2.79 bits per heavy atom. The second-order valence-electron chi connectivity index (χ2n) is 4.75. The SMILES string of the molecule is CC(C)CCCOc1ccc(/C=C/C(=O)O)cc1Br. The zero-order valence-corrected chi connectivity index (χ0v) is 12.8. The smallest absolute Gasteiger partial charge is 0.328 e. The van der Waals surface area contributed by atoms with Crippen LogP contribution in [-0.2, 0) is 4.79 Å². The summed E-state index contributed by atoms with van der Waals surface area (Å²) in [6.45, 7) is 5.08. The molecule has 0 amide bonds. The highest BCUT2D eigenvalue weighted by molar-refractivity contribution is 9.10. The number of halogens is 1. The van der Waals surface area contributed by atoms with E-state index in [4.69, 9.17) is 9.84 Å². The van der Waals surface area contributed by atoms with Crippen molar-refractivity contribution in [1.82, 2.24) is 0 Å². The highest BCUT2D eigenvalue weighted by atomic mass is 79.9. The molecule has 1 aromatic rings. The summed E-state index contributed by atoms with van der Waals surface area (Å²) in [6, 6.07) is 5.53. The van der Waals surface area contributed by atoms with E-state index in [-0.39, 0.29) is 0 Å². The zero-order valence-electron chi connectivity index (χ0n) is 11.2. The van der Waals surface area contributed by atoms with Gasteiger partial charge in [0.05, 0.1) is 11.1 Å². The van der Waals surface area contributed by atoms with Crippen LogP contribution in [0.15, 0.2) is 28.7 Å². The Morgan fingerprint density at radius 1 is 1.47 bits per heavy atom. The number of rotatable bonds is 7. The van der Waals surface area contributed by atoms with E-state index >= 15 is 0 Å². The predicted octanol–water partition coefficient (Wildman–Crippen LogP) is 4.36. The summed E-state index contributed by atoms with van der Waals surface area (Å²) in [5.74, 6) is 0.525. The molecule has 4 heteroatoms. The lowest BCUT2D eigenvalue weighted by molar-refractivity contribution is -0.131. The first-order valence-electron chi connectivity index (χ1n) is 6.32. The van der Waals surface area contributed by atoms with E-state index in [0.717, 1.165) is 34.7 Å². The number of carboxylic acid groups (broad SMARTS) is 1. The molecule has 0 fully saturated rings. The number of benzene rings is 1. The number of aliphatic carboxylic acids is 1. The topological polar surface area (TPSA) is 46.5 Å². The highest BCUT2D eigenvalue weighted by Crippen LogP contribution is 2.26. The third-order valence-electron chi connectivity index (χ3n) is 2.56. The van der Waals surface area contributed by atoms with E-state index in [1.165, 1.54) is 0 Å². The quantitative estimate of drug-likeness (QED) is 0.598. The van der Waals surface area contributed by atoms with Gasteiger partial charge in [0.15, 0.2) is 0 Å². The minimum atomic E-state index is -0.954. The molecule has 0 atom stereocenters. The molecule has 0 saturated carbocycles. The molecule has 1 rings (SSSR count). The fourth-order valence-electron chi connectivity index (χ4n) is 1.58. The van der Waals surface area contributed by atoms with E-state index in [9.17, 15) is 4.79 Å². The summed E-state index contributed by atoms with van der Waals surface area (Å²) >= 11 is 3.43. The second kappa shape index (κ2) is 8.00. The Labute approximate surface area is 122 Å². The van der Waals surface area contributed by atoms with Gasteiger partial charge >= 0.3 is 5.97 Å². The van der Waals surface area contributed by atoms with Gasteiger partial charge in [-0.1, -0.05) is 19.9 Å². The van der Waals surface area contributed by atoms with Crippen LogP contribution in [0.25, 0.3) is 6.08 Å². The van der Waals surface area contributed by atoms with Crippen LogP contribution in [0, 0.1) is 5.92 Å². The first-order chi connectivity index (χ1) is 8.99. The molecule has 0 aromatic heterocycles. The maximum Gasteiger partial charge on any atom is 0.328 e. The van der Waals surface area contributed by atoms with Crippen molar-refractivity contribution in [2.45, 2.75) is 26.7 Å². The van der Waals surface area contributed by atoms with Gasteiger partial charge in [-0.05, 0) is 58.5 Å². The summed E-state index contributed by atoms with van der Waals surface area (Å²) in [7, 11) is 0. The van der Waals surface area contributed by atoms with Crippen molar-refractivity contribution in [3.63, 3.8) is 0 Å².